The van der Waals surface area contributed by atoms with Gasteiger partial charge in [-0.2, -0.15) is 4.99 Å². The van der Waals surface area contributed by atoms with E-state index in [1.165, 1.54) is 35.6 Å². The van der Waals surface area contributed by atoms with Crippen molar-refractivity contribution in [1.29, 1.82) is 0 Å². The van der Waals surface area contributed by atoms with Crippen molar-refractivity contribution in [2.75, 3.05) is 12.4 Å². The molecule has 154 valence electrons. The van der Waals surface area contributed by atoms with Crippen LogP contribution in [-0.2, 0) is 21.7 Å². The minimum absolute atomic E-state index is 0.0549. The molecule has 0 aliphatic rings. The number of sulfone groups is 1. The fourth-order valence-electron chi connectivity index (χ4n) is 2.88. The summed E-state index contributed by atoms with van der Waals surface area (Å²) in [6.07, 6.45) is 0.255. The van der Waals surface area contributed by atoms with Crippen molar-refractivity contribution in [3.05, 3.63) is 52.3 Å². The van der Waals surface area contributed by atoms with E-state index in [4.69, 9.17) is 16.3 Å². The third kappa shape index (κ3) is 5.07. The quantitative estimate of drug-likeness (QED) is 0.543. The highest BCUT2D eigenvalue weighted by molar-refractivity contribution is 7.91. The van der Waals surface area contributed by atoms with Gasteiger partial charge in [0.05, 0.1) is 22.0 Å². The predicted octanol–water partition coefficient (Wildman–Crippen LogP) is 3.97. The number of benzene rings is 2. The molecule has 0 N–H and O–H groups in total. The van der Waals surface area contributed by atoms with Crippen molar-refractivity contribution >= 4 is 48.9 Å². The largest absolute Gasteiger partial charge is 0.492 e. The van der Waals surface area contributed by atoms with E-state index in [2.05, 4.69) is 4.99 Å². The highest BCUT2D eigenvalue weighted by Gasteiger charge is 2.15. The molecule has 0 fully saturated rings. The molecular weight excluding hydrogens is 432 g/mol. The summed E-state index contributed by atoms with van der Waals surface area (Å²) in [6.45, 7) is 2.46. The molecule has 0 saturated carbocycles. The number of carbonyl (C=O) groups excluding carboxylic acids is 1. The molecule has 0 unspecified atom stereocenters. The van der Waals surface area contributed by atoms with E-state index >= 15 is 0 Å². The van der Waals surface area contributed by atoms with Crippen LogP contribution < -0.4 is 9.54 Å². The number of hydrogen-bond acceptors (Lipinski definition) is 5. The average molecular weight is 453 g/mol. The van der Waals surface area contributed by atoms with Crippen LogP contribution in [0.25, 0.3) is 10.2 Å². The number of halogens is 1. The van der Waals surface area contributed by atoms with Gasteiger partial charge < -0.3 is 9.30 Å². The van der Waals surface area contributed by atoms with Crippen molar-refractivity contribution in [2.45, 2.75) is 24.7 Å². The molecule has 1 amide bonds. The molecule has 3 rings (SSSR count). The van der Waals surface area contributed by atoms with Crippen LogP contribution in [0.2, 0.25) is 5.02 Å². The standard InChI is InChI=1S/C20H21ClN2O4S2/c1-3-27-16-6-4-7-17-19(16)23(2)20(28-17)22-18(24)8-5-13-29(25,26)15-11-9-14(21)10-12-15/h4,6-7,9-12H,3,5,8,13H2,1-2H3. The molecule has 0 aliphatic carbocycles. The Morgan fingerprint density at radius 3 is 2.62 bits per heavy atom. The number of thiazole rings is 1. The number of aromatic nitrogens is 1. The SMILES string of the molecule is CCOc1cccc2sc(=NC(=O)CCCS(=O)(=O)c3ccc(Cl)cc3)n(C)c12. The van der Waals surface area contributed by atoms with Crippen LogP contribution in [0.4, 0.5) is 0 Å². The second-order valence-corrected chi connectivity index (χ2v) is 9.92. The Morgan fingerprint density at radius 2 is 1.93 bits per heavy atom. The van der Waals surface area contributed by atoms with E-state index in [0.29, 0.717) is 16.4 Å². The maximum atomic E-state index is 12.4. The Hall–Kier alpha value is -2.16. The maximum absolute atomic E-state index is 12.4. The normalized spacial score (nSPS) is 12.4. The Kier molecular flexibility index (Phi) is 6.77. The lowest BCUT2D eigenvalue weighted by atomic mass is 10.3. The molecule has 0 aliphatic heterocycles. The molecule has 3 aromatic rings. The number of aryl methyl sites for hydroxylation is 1. The van der Waals surface area contributed by atoms with Gasteiger partial charge >= 0.3 is 0 Å². The number of fused-ring (bicyclic) bond motifs is 1. The van der Waals surface area contributed by atoms with Gasteiger partial charge in [0.1, 0.15) is 11.3 Å². The van der Waals surface area contributed by atoms with E-state index in [-0.39, 0.29) is 29.4 Å². The summed E-state index contributed by atoms with van der Waals surface area (Å²) in [5.41, 5.74) is 0.885. The summed E-state index contributed by atoms with van der Waals surface area (Å²) >= 11 is 7.19. The summed E-state index contributed by atoms with van der Waals surface area (Å²) in [5, 5.41) is 0.474. The first-order chi connectivity index (χ1) is 13.8. The molecule has 2 aromatic carbocycles. The summed E-state index contributed by atoms with van der Waals surface area (Å²) in [5.74, 6) is 0.270. The minimum atomic E-state index is -3.46. The van der Waals surface area contributed by atoms with E-state index in [9.17, 15) is 13.2 Å². The van der Waals surface area contributed by atoms with Crippen LogP contribution in [-0.4, -0.2) is 31.3 Å². The number of rotatable bonds is 7. The van der Waals surface area contributed by atoms with Crippen LogP contribution in [0.15, 0.2) is 52.4 Å². The summed E-state index contributed by atoms with van der Waals surface area (Å²) in [6, 6.07) is 11.7. The maximum Gasteiger partial charge on any atom is 0.248 e. The second kappa shape index (κ2) is 9.11. The molecule has 0 radical (unpaired) electrons. The Balaban J connectivity index is 1.72. The van der Waals surface area contributed by atoms with Gasteiger partial charge in [0.15, 0.2) is 14.6 Å². The van der Waals surface area contributed by atoms with Gasteiger partial charge in [0, 0.05) is 18.5 Å². The molecule has 1 aromatic heterocycles. The topological polar surface area (TPSA) is 77.7 Å². The van der Waals surface area contributed by atoms with Gasteiger partial charge in [0.2, 0.25) is 5.91 Å². The lowest BCUT2D eigenvalue weighted by Gasteiger charge is -2.05. The summed E-state index contributed by atoms with van der Waals surface area (Å²) in [4.78, 5) is 17.2. The van der Waals surface area contributed by atoms with E-state index in [1.807, 2.05) is 36.7 Å². The van der Waals surface area contributed by atoms with Crippen molar-refractivity contribution in [3.8, 4) is 5.75 Å². The lowest BCUT2D eigenvalue weighted by Crippen LogP contribution is -2.14. The van der Waals surface area contributed by atoms with E-state index in [1.54, 1.807) is 0 Å². The highest BCUT2D eigenvalue weighted by atomic mass is 35.5. The van der Waals surface area contributed by atoms with Gasteiger partial charge in [-0.15, -0.1) is 0 Å². The number of para-hydroxylation sites is 1. The zero-order valence-corrected chi connectivity index (χ0v) is 18.5. The molecule has 6 nitrogen and oxygen atoms in total. The van der Waals surface area contributed by atoms with Crippen LogP contribution in [0.5, 0.6) is 5.75 Å². The Bertz CT molecular complexity index is 1200. The van der Waals surface area contributed by atoms with Crippen molar-refractivity contribution < 1.29 is 17.9 Å². The minimum Gasteiger partial charge on any atom is -0.492 e. The third-order valence-corrected chi connectivity index (χ3v) is 7.45. The molecular formula is C20H21ClN2O4S2. The van der Waals surface area contributed by atoms with Crippen molar-refractivity contribution in [1.82, 2.24) is 4.57 Å². The predicted molar refractivity (Wildman–Crippen MR) is 115 cm³/mol. The number of amides is 1. The molecule has 0 bridgehead atoms. The zero-order chi connectivity index (χ0) is 21.0. The van der Waals surface area contributed by atoms with Crippen molar-refractivity contribution in [3.63, 3.8) is 0 Å². The first-order valence-corrected chi connectivity index (χ1v) is 11.9. The lowest BCUT2D eigenvalue weighted by molar-refractivity contribution is -0.118. The van der Waals surface area contributed by atoms with Crippen LogP contribution in [0.1, 0.15) is 19.8 Å². The molecule has 0 saturated heterocycles. The second-order valence-electron chi connectivity index (χ2n) is 6.36. The van der Waals surface area contributed by atoms with Gasteiger partial charge in [0.25, 0.3) is 0 Å². The monoisotopic (exact) mass is 452 g/mol. The Morgan fingerprint density at radius 1 is 1.21 bits per heavy atom. The van der Waals surface area contributed by atoms with E-state index < -0.39 is 9.84 Å². The highest BCUT2D eigenvalue weighted by Crippen LogP contribution is 2.26. The Labute approximate surface area is 178 Å². The summed E-state index contributed by atoms with van der Waals surface area (Å²) < 4.78 is 33.2. The van der Waals surface area contributed by atoms with Crippen molar-refractivity contribution in [2.24, 2.45) is 12.0 Å². The number of carbonyl (C=O) groups is 1. The number of nitrogens with zero attached hydrogens (tertiary/aromatic N) is 2. The van der Waals surface area contributed by atoms with E-state index in [0.717, 1.165) is 16.0 Å². The molecule has 0 spiro atoms. The first kappa shape index (κ1) is 21.5. The fraction of sp³-hybridized carbons (Fsp3) is 0.300. The average Bonchev–Trinajstić information content (AvgIpc) is 2.98. The van der Waals surface area contributed by atoms with Crippen LogP contribution >= 0.6 is 22.9 Å². The molecule has 0 atom stereocenters. The number of ether oxygens (including phenoxy) is 1. The number of hydrogen-bond donors (Lipinski definition) is 0. The third-order valence-electron chi connectivity index (χ3n) is 4.28. The summed E-state index contributed by atoms with van der Waals surface area (Å²) in [7, 11) is -1.63. The van der Waals surface area contributed by atoms with Crippen LogP contribution in [0.3, 0.4) is 0 Å². The van der Waals surface area contributed by atoms with Gasteiger partial charge in [-0.25, -0.2) is 8.42 Å². The smallest absolute Gasteiger partial charge is 0.248 e. The van der Waals surface area contributed by atoms with Crippen LogP contribution in [0, 0.1) is 0 Å². The van der Waals surface area contributed by atoms with Gasteiger partial charge in [-0.05, 0) is 49.7 Å². The molecule has 9 heteroatoms. The molecule has 29 heavy (non-hydrogen) atoms. The zero-order valence-electron chi connectivity index (χ0n) is 16.1. The molecule has 1 heterocycles. The fourth-order valence-corrected chi connectivity index (χ4v) is 5.37. The van der Waals surface area contributed by atoms with Gasteiger partial charge in [-0.1, -0.05) is 29.0 Å². The first-order valence-electron chi connectivity index (χ1n) is 9.09. The van der Waals surface area contributed by atoms with Gasteiger partial charge in [-0.3, -0.25) is 4.79 Å².